The first-order chi connectivity index (χ1) is 9.36. The van der Waals surface area contributed by atoms with Crippen LogP contribution in [0.3, 0.4) is 0 Å². The lowest BCUT2D eigenvalue weighted by atomic mass is 9.87. The van der Waals surface area contributed by atoms with Crippen LogP contribution >= 0.6 is 0 Å². The monoisotopic (exact) mass is 269 g/mol. The van der Waals surface area contributed by atoms with Crippen LogP contribution in [0.15, 0.2) is 42.5 Å². The Kier molecular flexibility index (Phi) is 4.03. The van der Waals surface area contributed by atoms with Crippen molar-refractivity contribution in [3.63, 3.8) is 0 Å². The minimum absolute atomic E-state index is 0.187. The molecule has 0 aliphatic carbocycles. The zero-order valence-corrected chi connectivity index (χ0v) is 12.7. The highest BCUT2D eigenvalue weighted by molar-refractivity contribution is 5.47. The molecule has 2 aromatic rings. The predicted octanol–water partition coefficient (Wildman–Crippen LogP) is 4.45. The summed E-state index contributed by atoms with van der Waals surface area (Å²) in [5, 5.41) is 0. The van der Waals surface area contributed by atoms with E-state index in [2.05, 4.69) is 45.0 Å². The molecule has 0 saturated heterocycles. The Morgan fingerprint density at radius 3 is 2.20 bits per heavy atom. The Labute approximate surface area is 121 Å². The number of hydrogen-bond acceptors (Lipinski definition) is 2. The topological polar surface area (TPSA) is 35.2 Å². The van der Waals surface area contributed by atoms with E-state index in [4.69, 9.17) is 10.5 Å². The van der Waals surface area contributed by atoms with Crippen LogP contribution in [0.5, 0.6) is 5.75 Å². The highest BCUT2D eigenvalue weighted by Crippen LogP contribution is 2.24. The van der Waals surface area contributed by atoms with E-state index in [1.165, 1.54) is 11.1 Å². The number of hydrogen-bond donors (Lipinski definition) is 1. The molecule has 0 fully saturated rings. The maximum absolute atomic E-state index is 5.85. The van der Waals surface area contributed by atoms with Gasteiger partial charge in [0.1, 0.15) is 12.4 Å². The second-order valence-electron chi connectivity index (χ2n) is 6.26. The van der Waals surface area contributed by atoms with Gasteiger partial charge in [-0.05, 0) is 47.2 Å². The fraction of sp³-hybridized carbons (Fsp3) is 0.333. The number of aryl methyl sites for hydroxylation is 1. The number of anilines is 1. The van der Waals surface area contributed by atoms with Crippen molar-refractivity contribution in [2.24, 2.45) is 0 Å². The Balaban J connectivity index is 2.04. The second kappa shape index (κ2) is 5.58. The van der Waals surface area contributed by atoms with Gasteiger partial charge < -0.3 is 10.5 Å². The van der Waals surface area contributed by atoms with Gasteiger partial charge in [-0.1, -0.05) is 45.0 Å². The Hall–Kier alpha value is -1.96. The van der Waals surface area contributed by atoms with Crippen molar-refractivity contribution in [2.45, 2.75) is 39.7 Å². The third-order valence-corrected chi connectivity index (χ3v) is 3.41. The molecule has 2 aromatic carbocycles. The van der Waals surface area contributed by atoms with Gasteiger partial charge in [-0.3, -0.25) is 0 Å². The first-order valence-electron chi connectivity index (χ1n) is 6.94. The van der Waals surface area contributed by atoms with Crippen LogP contribution < -0.4 is 10.5 Å². The van der Waals surface area contributed by atoms with Crippen molar-refractivity contribution in [1.29, 1.82) is 0 Å². The quantitative estimate of drug-likeness (QED) is 0.835. The van der Waals surface area contributed by atoms with E-state index in [-0.39, 0.29) is 5.41 Å². The van der Waals surface area contributed by atoms with Crippen LogP contribution in [0, 0.1) is 6.92 Å². The number of ether oxygens (including phenoxy) is 1. The third-order valence-electron chi connectivity index (χ3n) is 3.41. The molecule has 0 amide bonds. The van der Waals surface area contributed by atoms with Gasteiger partial charge in [0.2, 0.25) is 0 Å². The molecule has 0 aliphatic heterocycles. The fourth-order valence-electron chi connectivity index (χ4n) is 2.10. The normalized spacial score (nSPS) is 11.4. The summed E-state index contributed by atoms with van der Waals surface area (Å²) in [7, 11) is 0. The van der Waals surface area contributed by atoms with E-state index in [0.717, 1.165) is 17.0 Å². The minimum atomic E-state index is 0.187. The fourth-order valence-corrected chi connectivity index (χ4v) is 2.10. The maximum atomic E-state index is 5.85. The Bertz CT molecular complexity index is 579. The largest absolute Gasteiger partial charge is 0.489 e. The maximum Gasteiger partial charge on any atom is 0.122 e. The number of nitrogens with two attached hydrogens (primary N) is 1. The molecular weight excluding hydrogens is 246 g/mol. The van der Waals surface area contributed by atoms with Gasteiger partial charge in [0.25, 0.3) is 0 Å². The van der Waals surface area contributed by atoms with Crippen molar-refractivity contribution in [1.82, 2.24) is 0 Å². The number of benzene rings is 2. The third kappa shape index (κ3) is 3.53. The molecule has 2 nitrogen and oxygen atoms in total. The summed E-state index contributed by atoms with van der Waals surface area (Å²) in [5.41, 5.74) is 10.3. The van der Waals surface area contributed by atoms with Gasteiger partial charge in [-0.15, -0.1) is 0 Å². The smallest absolute Gasteiger partial charge is 0.122 e. The molecule has 2 rings (SSSR count). The molecule has 0 bridgehead atoms. The molecule has 0 heterocycles. The highest BCUT2D eigenvalue weighted by atomic mass is 16.5. The summed E-state index contributed by atoms with van der Waals surface area (Å²) in [6, 6.07) is 14.3. The van der Waals surface area contributed by atoms with Gasteiger partial charge in [-0.25, -0.2) is 0 Å². The van der Waals surface area contributed by atoms with E-state index in [9.17, 15) is 0 Å². The molecule has 0 radical (unpaired) electrons. The van der Waals surface area contributed by atoms with Crippen molar-refractivity contribution < 1.29 is 4.74 Å². The summed E-state index contributed by atoms with van der Waals surface area (Å²) in [6.07, 6.45) is 0. The first kappa shape index (κ1) is 14.4. The first-order valence-corrected chi connectivity index (χ1v) is 6.94. The zero-order valence-electron chi connectivity index (χ0n) is 12.7. The Morgan fingerprint density at radius 2 is 1.65 bits per heavy atom. The van der Waals surface area contributed by atoms with E-state index in [0.29, 0.717) is 6.61 Å². The van der Waals surface area contributed by atoms with Crippen LogP contribution in [-0.4, -0.2) is 0 Å². The molecule has 2 N–H and O–H groups in total. The van der Waals surface area contributed by atoms with Crippen LogP contribution in [0.1, 0.15) is 37.5 Å². The molecule has 0 saturated carbocycles. The Morgan fingerprint density at radius 1 is 1.00 bits per heavy atom. The van der Waals surface area contributed by atoms with Gasteiger partial charge in [-0.2, -0.15) is 0 Å². The average molecular weight is 269 g/mol. The van der Waals surface area contributed by atoms with Crippen molar-refractivity contribution in [3.05, 3.63) is 59.2 Å². The minimum Gasteiger partial charge on any atom is -0.489 e. The summed E-state index contributed by atoms with van der Waals surface area (Å²) in [6.45, 7) is 9.24. The van der Waals surface area contributed by atoms with E-state index in [1.807, 2.05) is 25.1 Å². The number of rotatable bonds is 3. The van der Waals surface area contributed by atoms with Gasteiger partial charge in [0.15, 0.2) is 0 Å². The molecule has 0 atom stereocenters. The predicted molar refractivity (Wildman–Crippen MR) is 85.1 cm³/mol. The lowest BCUT2D eigenvalue weighted by Crippen LogP contribution is -2.10. The van der Waals surface area contributed by atoms with Crippen molar-refractivity contribution >= 4 is 5.69 Å². The van der Waals surface area contributed by atoms with Crippen LogP contribution in [0.2, 0.25) is 0 Å². The van der Waals surface area contributed by atoms with Crippen LogP contribution in [0.25, 0.3) is 0 Å². The summed E-state index contributed by atoms with van der Waals surface area (Å²) >= 11 is 0. The van der Waals surface area contributed by atoms with Gasteiger partial charge >= 0.3 is 0 Å². The molecule has 0 unspecified atom stereocenters. The molecule has 0 aromatic heterocycles. The zero-order chi connectivity index (χ0) is 14.8. The molecular formula is C18H23NO. The van der Waals surface area contributed by atoms with E-state index in [1.54, 1.807) is 0 Å². The molecule has 106 valence electrons. The second-order valence-corrected chi connectivity index (χ2v) is 6.26. The van der Waals surface area contributed by atoms with Crippen LogP contribution in [-0.2, 0) is 12.0 Å². The SMILES string of the molecule is Cc1cc(N)ccc1OCc1ccc(C(C)(C)C)cc1. The average Bonchev–Trinajstić information content (AvgIpc) is 2.37. The lowest BCUT2D eigenvalue weighted by molar-refractivity contribution is 0.304. The van der Waals surface area contributed by atoms with Crippen LogP contribution in [0.4, 0.5) is 5.69 Å². The lowest BCUT2D eigenvalue weighted by Gasteiger charge is -2.19. The summed E-state index contributed by atoms with van der Waals surface area (Å²) in [4.78, 5) is 0. The summed E-state index contributed by atoms with van der Waals surface area (Å²) in [5.74, 6) is 0.888. The van der Waals surface area contributed by atoms with E-state index >= 15 is 0 Å². The molecule has 0 spiro atoms. The molecule has 0 aliphatic rings. The van der Waals surface area contributed by atoms with Gasteiger partial charge in [0, 0.05) is 5.69 Å². The number of nitrogen functional groups attached to an aromatic ring is 1. The molecule has 2 heteroatoms. The van der Waals surface area contributed by atoms with Gasteiger partial charge in [0.05, 0.1) is 0 Å². The molecule has 20 heavy (non-hydrogen) atoms. The van der Waals surface area contributed by atoms with E-state index < -0.39 is 0 Å². The highest BCUT2D eigenvalue weighted by Gasteiger charge is 2.12. The van der Waals surface area contributed by atoms with Crippen molar-refractivity contribution in [3.8, 4) is 5.75 Å². The van der Waals surface area contributed by atoms with Crippen molar-refractivity contribution in [2.75, 3.05) is 5.73 Å². The summed E-state index contributed by atoms with van der Waals surface area (Å²) < 4.78 is 5.85. The standard InChI is InChI=1S/C18H23NO/c1-13-11-16(19)9-10-17(13)20-12-14-5-7-15(8-6-14)18(2,3)4/h5-11H,12,19H2,1-4H3.